The van der Waals surface area contributed by atoms with E-state index in [-0.39, 0.29) is 9.79 Å². The molecule has 1 heterocycles. The molecule has 5 rings (SSSR count). The van der Waals surface area contributed by atoms with Gasteiger partial charge in [-0.25, -0.2) is 16.8 Å². The Hall–Kier alpha value is -3.42. The lowest BCUT2D eigenvalue weighted by Gasteiger charge is -2.36. The second kappa shape index (κ2) is 7.82. The average molecular weight is 491 g/mol. The molecule has 34 heavy (non-hydrogen) atoms. The van der Waals surface area contributed by atoms with Crippen molar-refractivity contribution in [3.63, 3.8) is 0 Å². The van der Waals surface area contributed by atoms with Crippen molar-refractivity contribution < 1.29 is 21.6 Å². The maximum Gasteiger partial charge on any atom is 0.178 e. The van der Waals surface area contributed by atoms with Crippen LogP contribution in [0.2, 0.25) is 0 Å². The highest BCUT2D eigenvalue weighted by Crippen LogP contribution is 2.44. The minimum absolute atomic E-state index is 0.213. The fourth-order valence-corrected chi connectivity index (χ4v) is 5.58. The summed E-state index contributed by atoms with van der Waals surface area (Å²) < 4.78 is 54.6. The van der Waals surface area contributed by atoms with E-state index in [0.29, 0.717) is 5.75 Å². The Labute approximate surface area is 199 Å². The number of ether oxygens (including phenoxy) is 1. The molecule has 0 aliphatic carbocycles. The van der Waals surface area contributed by atoms with Crippen LogP contribution in [-0.2, 0) is 25.3 Å². The van der Waals surface area contributed by atoms with Gasteiger partial charge in [-0.05, 0) is 53.3 Å². The highest BCUT2D eigenvalue weighted by Gasteiger charge is 2.37. The molecule has 0 radical (unpaired) electrons. The Bertz CT molecular complexity index is 1570. The molecule has 0 aromatic heterocycles. The standard InChI is InChI=1S/C27H22O5S2/c1-33(28,29)22-12-8-20(9-13-22)27(21-10-14-23(15-11-21)34(2,30)31)18-17-25-24-6-4-3-5-19(24)7-16-26(25)32-27/h3-18H,1-2H3. The van der Waals surface area contributed by atoms with Crippen molar-refractivity contribution >= 4 is 36.5 Å². The Kier molecular flexibility index (Phi) is 5.15. The highest BCUT2D eigenvalue weighted by molar-refractivity contribution is 7.91. The van der Waals surface area contributed by atoms with Gasteiger partial charge < -0.3 is 4.74 Å². The van der Waals surface area contributed by atoms with Crippen molar-refractivity contribution in [1.82, 2.24) is 0 Å². The lowest BCUT2D eigenvalue weighted by molar-refractivity contribution is 0.161. The molecule has 7 heteroatoms. The largest absolute Gasteiger partial charge is 0.473 e. The molecule has 0 N–H and O–H groups in total. The second-order valence-electron chi connectivity index (χ2n) is 8.46. The molecule has 0 saturated heterocycles. The van der Waals surface area contributed by atoms with Crippen molar-refractivity contribution in [3.8, 4) is 5.75 Å². The van der Waals surface area contributed by atoms with Crippen LogP contribution < -0.4 is 4.74 Å². The van der Waals surface area contributed by atoms with Crippen LogP contribution in [0.25, 0.3) is 16.8 Å². The summed E-state index contributed by atoms with van der Waals surface area (Å²) >= 11 is 0. The fourth-order valence-electron chi connectivity index (χ4n) is 4.32. The molecule has 1 aliphatic heterocycles. The van der Waals surface area contributed by atoms with E-state index in [1.54, 1.807) is 48.5 Å². The number of benzene rings is 4. The van der Waals surface area contributed by atoms with Crippen LogP contribution in [-0.4, -0.2) is 29.3 Å². The van der Waals surface area contributed by atoms with Crippen molar-refractivity contribution in [3.05, 3.63) is 108 Å². The van der Waals surface area contributed by atoms with Crippen LogP contribution >= 0.6 is 0 Å². The van der Waals surface area contributed by atoms with Gasteiger partial charge in [-0.3, -0.25) is 0 Å². The molecular weight excluding hydrogens is 468 g/mol. The first-order valence-corrected chi connectivity index (χ1v) is 14.4. The molecule has 0 bridgehead atoms. The molecule has 172 valence electrons. The normalized spacial score (nSPS) is 15.0. The maximum atomic E-state index is 12.0. The van der Waals surface area contributed by atoms with E-state index >= 15 is 0 Å². The molecule has 1 aliphatic rings. The maximum absolute atomic E-state index is 12.0. The minimum Gasteiger partial charge on any atom is -0.473 e. The summed E-state index contributed by atoms with van der Waals surface area (Å²) in [6.45, 7) is 0. The van der Waals surface area contributed by atoms with Gasteiger partial charge >= 0.3 is 0 Å². The smallest absolute Gasteiger partial charge is 0.178 e. The molecule has 4 aromatic rings. The summed E-state index contributed by atoms with van der Waals surface area (Å²) in [5, 5.41) is 2.15. The van der Waals surface area contributed by atoms with Crippen LogP contribution in [0.3, 0.4) is 0 Å². The van der Waals surface area contributed by atoms with Gasteiger partial charge in [-0.15, -0.1) is 0 Å². The molecule has 0 fully saturated rings. The van der Waals surface area contributed by atoms with E-state index in [1.807, 2.05) is 48.6 Å². The fraction of sp³-hybridized carbons (Fsp3) is 0.111. The Morgan fingerprint density at radius 3 is 1.71 bits per heavy atom. The Morgan fingerprint density at radius 2 is 1.18 bits per heavy atom. The average Bonchev–Trinajstić information content (AvgIpc) is 2.82. The van der Waals surface area contributed by atoms with Gasteiger partial charge in [-0.1, -0.05) is 54.6 Å². The van der Waals surface area contributed by atoms with Crippen molar-refractivity contribution in [2.45, 2.75) is 15.4 Å². The Balaban J connectivity index is 1.71. The second-order valence-corrected chi connectivity index (χ2v) is 12.5. The summed E-state index contributed by atoms with van der Waals surface area (Å²) in [7, 11) is -6.71. The zero-order chi connectivity index (χ0) is 24.1. The first kappa shape index (κ1) is 22.4. The van der Waals surface area contributed by atoms with Crippen LogP contribution in [0.1, 0.15) is 16.7 Å². The van der Waals surface area contributed by atoms with Gasteiger partial charge in [-0.2, -0.15) is 0 Å². The molecule has 4 aromatic carbocycles. The van der Waals surface area contributed by atoms with Gasteiger partial charge in [0.2, 0.25) is 0 Å². The van der Waals surface area contributed by atoms with E-state index in [2.05, 4.69) is 0 Å². The summed E-state index contributed by atoms with van der Waals surface area (Å²) in [4.78, 5) is 0.426. The van der Waals surface area contributed by atoms with E-state index in [9.17, 15) is 16.8 Å². The van der Waals surface area contributed by atoms with Crippen molar-refractivity contribution in [2.24, 2.45) is 0 Å². The summed E-state index contributed by atoms with van der Waals surface area (Å²) in [5.74, 6) is 0.681. The number of hydrogen-bond acceptors (Lipinski definition) is 5. The molecular formula is C27H22O5S2. The summed E-state index contributed by atoms with van der Waals surface area (Å²) in [6.07, 6.45) is 6.28. The molecule has 0 amide bonds. The van der Waals surface area contributed by atoms with Crippen LogP contribution in [0, 0.1) is 0 Å². The first-order chi connectivity index (χ1) is 16.1. The van der Waals surface area contributed by atoms with E-state index < -0.39 is 25.3 Å². The van der Waals surface area contributed by atoms with Crippen molar-refractivity contribution in [2.75, 3.05) is 12.5 Å². The third-order valence-electron chi connectivity index (χ3n) is 6.11. The number of hydrogen-bond donors (Lipinski definition) is 0. The predicted octanol–water partition coefficient (Wildman–Crippen LogP) is 5.00. The number of sulfone groups is 2. The summed E-state index contributed by atoms with van der Waals surface area (Å²) in [5.41, 5.74) is 1.33. The monoisotopic (exact) mass is 490 g/mol. The molecule has 0 saturated carbocycles. The lowest BCUT2D eigenvalue weighted by Crippen LogP contribution is -2.34. The van der Waals surface area contributed by atoms with Crippen LogP contribution in [0.5, 0.6) is 5.75 Å². The third kappa shape index (κ3) is 3.81. The van der Waals surface area contributed by atoms with E-state index in [1.165, 1.54) is 12.5 Å². The van der Waals surface area contributed by atoms with Crippen LogP contribution in [0.15, 0.2) is 101 Å². The van der Waals surface area contributed by atoms with Gasteiger partial charge in [0.25, 0.3) is 0 Å². The minimum atomic E-state index is -3.36. The van der Waals surface area contributed by atoms with Crippen LogP contribution in [0.4, 0.5) is 0 Å². The van der Waals surface area contributed by atoms with Gasteiger partial charge in [0.05, 0.1) is 9.79 Å². The zero-order valence-electron chi connectivity index (χ0n) is 18.6. The van der Waals surface area contributed by atoms with E-state index in [0.717, 1.165) is 27.5 Å². The molecule has 0 spiro atoms. The van der Waals surface area contributed by atoms with Gasteiger partial charge in [0, 0.05) is 29.2 Å². The summed E-state index contributed by atoms with van der Waals surface area (Å²) in [6, 6.07) is 25.1. The lowest BCUT2D eigenvalue weighted by atomic mass is 9.83. The first-order valence-electron chi connectivity index (χ1n) is 10.6. The van der Waals surface area contributed by atoms with E-state index in [4.69, 9.17) is 4.74 Å². The predicted molar refractivity (Wildman–Crippen MR) is 133 cm³/mol. The molecule has 0 unspecified atom stereocenters. The Morgan fingerprint density at radius 1 is 0.647 bits per heavy atom. The van der Waals surface area contributed by atoms with Gasteiger partial charge in [0.15, 0.2) is 25.3 Å². The number of rotatable bonds is 4. The third-order valence-corrected chi connectivity index (χ3v) is 8.37. The highest BCUT2D eigenvalue weighted by atomic mass is 32.2. The number of fused-ring (bicyclic) bond motifs is 3. The quantitative estimate of drug-likeness (QED) is 0.403. The SMILES string of the molecule is CS(=O)(=O)c1ccc(C2(c3ccc(S(C)(=O)=O)cc3)C=Cc3c(ccc4ccccc34)O2)cc1. The zero-order valence-corrected chi connectivity index (χ0v) is 20.2. The van der Waals surface area contributed by atoms with Crippen molar-refractivity contribution in [1.29, 1.82) is 0 Å². The molecule has 5 nitrogen and oxygen atoms in total. The van der Waals surface area contributed by atoms with Gasteiger partial charge in [0.1, 0.15) is 5.75 Å². The topological polar surface area (TPSA) is 77.5 Å². The molecule has 0 atom stereocenters.